The number of rotatable bonds is 7. The Hall–Kier alpha value is -3.42. The summed E-state index contributed by atoms with van der Waals surface area (Å²) in [6, 6.07) is 9.47. The molecule has 8 nitrogen and oxygen atoms in total. The molecule has 0 saturated carbocycles. The molecule has 1 heterocycles. The van der Waals surface area contributed by atoms with E-state index in [1.165, 1.54) is 36.8 Å². The van der Waals surface area contributed by atoms with Gasteiger partial charge in [-0.2, -0.15) is 5.10 Å². The molecule has 0 fully saturated rings. The van der Waals surface area contributed by atoms with Crippen molar-refractivity contribution in [3.8, 4) is 23.8 Å². The van der Waals surface area contributed by atoms with Gasteiger partial charge in [-0.3, -0.25) is 14.9 Å². The molecule has 1 amide bonds. The van der Waals surface area contributed by atoms with Crippen molar-refractivity contribution in [3.63, 3.8) is 0 Å². The number of carbonyl (C=O) groups is 1. The second kappa shape index (κ2) is 9.39. The van der Waals surface area contributed by atoms with Gasteiger partial charge >= 0.3 is 0 Å². The average Bonchev–Trinajstić information content (AvgIpc) is 3.16. The Morgan fingerprint density at radius 1 is 1.40 bits per heavy atom. The summed E-state index contributed by atoms with van der Waals surface area (Å²) < 4.78 is 12.1. The van der Waals surface area contributed by atoms with Crippen LogP contribution < -0.4 is 14.9 Å². The molecule has 2 aromatic carbocycles. The van der Waals surface area contributed by atoms with Crippen molar-refractivity contribution in [2.24, 2.45) is 5.10 Å². The average molecular weight is 488 g/mol. The summed E-state index contributed by atoms with van der Waals surface area (Å²) in [5, 5.41) is 15.5. The van der Waals surface area contributed by atoms with Crippen molar-refractivity contribution >= 4 is 55.2 Å². The maximum Gasteiger partial charge on any atom is 0.281 e. The number of ether oxygens (including phenoxy) is 2. The second-order valence-electron chi connectivity index (χ2n) is 5.82. The summed E-state index contributed by atoms with van der Waals surface area (Å²) in [5.74, 6) is 2.89. The van der Waals surface area contributed by atoms with Crippen molar-refractivity contribution in [2.45, 2.75) is 0 Å². The zero-order valence-corrected chi connectivity index (χ0v) is 18.0. The van der Waals surface area contributed by atoms with Gasteiger partial charge in [-0.05, 0) is 45.8 Å². The second-order valence-corrected chi connectivity index (χ2v) is 7.75. The molecular weight excluding hydrogens is 474 g/mol. The molecule has 0 aliphatic carbocycles. The molecule has 3 rings (SSSR count). The lowest BCUT2D eigenvalue weighted by atomic mass is 10.2. The molecule has 0 aliphatic rings. The molecule has 0 saturated heterocycles. The number of halogens is 1. The van der Waals surface area contributed by atoms with Crippen LogP contribution in [0.5, 0.6) is 11.5 Å². The molecule has 30 heavy (non-hydrogen) atoms. The number of nitro benzene ring substituents is 1. The summed E-state index contributed by atoms with van der Waals surface area (Å²) in [6.45, 7) is 0.0940. The van der Waals surface area contributed by atoms with Gasteiger partial charge in [0.05, 0.1) is 27.6 Å². The van der Waals surface area contributed by atoms with Crippen molar-refractivity contribution in [2.75, 3.05) is 13.7 Å². The van der Waals surface area contributed by atoms with Crippen LogP contribution in [0.2, 0.25) is 0 Å². The van der Waals surface area contributed by atoms with Gasteiger partial charge in [-0.1, -0.05) is 5.92 Å². The van der Waals surface area contributed by atoms with Crippen LogP contribution in [0.1, 0.15) is 15.2 Å². The van der Waals surface area contributed by atoms with E-state index >= 15 is 0 Å². The van der Waals surface area contributed by atoms with E-state index < -0.39 is 10.8 Å². The van der Waals surface area contributed by atoms with Crippen LogP contribution in [0.25, 0.3) is 10.1 Å². The van der Waals surface area contributed by atoms with E-state index in [0.29, 0.717) is 31.8 Å². The van der Waals surface area contributed by atoms with Crippen LogP contribution in [0.3, 0.4) is 0 Å². The van der Waals surface area contributed by atoms with E-state index in [1.54, 1.807) is 24.3 Å². The first-order chi connectivity index (χ1) is 14.4. The number of amides is 1. The minimum Gasteiger partial charge on any atom is -0.493 e. The standard InChI is InChI=1S/C20H14BrN3O5S/c1-3-6-29-19-15(21)7-12(8-16(19)28-2)11-22-23-20(25)18-10-13-9-14(24(26)27)4-5-17(13)30-18/h1,4-5,7-11H,6H2,2H3,(H,23,25). The summed E-state index contributed by atoms with van der Waals surface area (Å²) in [6.07, 6.45) is 6.67. The zero-order valence-electron chi connectivity index (χ0n) is 15.5. The summed E-state index contributed by atoms with van der Waals surface area (Å²) in [4.78, 5) is 23.2. The maximum absolute atomic E-state index is 12.4. The van der Waals surface area contributed by atoms with Crippen molar-refractivity contribution < 1.29 is 19.2 Å². The number of thiophene rings is 1. The number of hydrogen-bond donors (Lipinski definition) is 1. The molecule has 0 aliphatic heterocycles. The normalized spacial score (nSPS) is 10.7. The van der Waals surface area contributed by atoms with Crippen LogP contribution in [-0.2, 0) is 0 Å². The third-order valence-corrected chi connectivity index (χ3v) is 5.57. The third kappa shape index (κ3) is 4.76. The van der Waals surface area contributed by atoms with Gasteiger partial charge < -0.3 is 9.47 Å². The highest BCUT2D eigenvalue weighted by molar-refractivity contribution is 9.10. The van der Waals surface area contributed by atoms with Crippen LogP contribution in [0, 0.1) is 22.5 Å². The van der Waals surface area contributed by atoms with E-state index in [-0.39, 0.29) is 12.3 Å². The van der Waals surface area contributed by atoms with E-state index in [9.17, 15) is 14.9 Å². The molecule has 0 bridgehead atoms. The van der Waals surface area contributed by atoms with E-state index in [4.69, 9.17) is 15.9 Å². The van der Waals surface area contributed by atoms with Crippen LogP contribution >= 0.6 is 27.3 Å². The van der Waals surface area contributed by atoms with E-state index in [0.717, 1.165) is 4.70 Å². The molecule has 1 N–H and O–H groups in total. The highest BCUT2D eigenvalue weighted by atomic mass is 79.9. The molecule has 3 aromatic rings. The van der Waals surface area contributed by atoms with Gasteiger partial charge in [0.25, 0.3) is 11.6 Å². The zero-order chi connectivity index (χ0) is 21.7. The first-order valence-corrected chi connectivity index (χ1v) is 9.99. The highest BCUT2D eigenvalue weighted by Gasteiger charge is 2.14. The SMILES string of the molecule is C#CCOc1c(Br)cc(C=NNC(=O)c2cc3cc([N+](=O)[O-])ccc3s2)cc1OC. The van der Waals surface area contributed by atoms with Crippen molar-refractivity contribution in [1.82, 2.24) is 5.43 Å². The molecule has 152 valence electrons. The Bertz CT molecular complexity index is 1200. The fourth-order valence-electron chi connectivity index (χ4n) is 2.54. The van der Waals surface area contributed by atoms with Gasteiger partial charge in [0.15, 0.2) is 11.5 Å². The first-order valence-electron chi connectivity index (χ1n) is 8.38. The minimum absolute atomic E-state index is 0.0283. The Kier molecular flexibility index (Phi) is 6.66. The maximum atomic E-state index is 12.4. The number of benzene rings is 2. The third-order valence-electron chi connectivity index (χ3n) is 3.87. The van der Waals surface area contributed by atoms with Crippen molar-refractivity contribution in [1.29, 1.82) is 0 Å². The Balaban J connectivity index is 1.74. The number of fused-ring (bicyclic) bond motifs is 1. The van der Waals surface area contributed by atoms with Gasteiger partial charge in [0.2, 0.25) is 0 Å². The van der Waals surface area contributed by atoms with E-state index in [2.05, 4.69) is 32.4 Å². The molecular formula is C20H14BrN3O5S. The largest absolute Gasteiger partial charge is 0.493 e. The lowest BCUT2D eigenvalue weighted by Gasteiger charge is -2.11. The fourth-order valence-corrected chi connectivity index (χ4v) is 4.05. The smallest absolute Gasteiger partial charge is 0.281 e. The molecule has 1 aromatic heterocycles. The molecule has 0 atom stereocenters. The number of nitrogens with zero attached hydrogens (tertiary/aromatic N) is 2. The topological polar surface area (TPSA) is 103 Å². The molecule has 0 radical (unpaired) electrons. The number of hydrogen-bond acceptors (Lipinski definition) is 7. The number of carbonyl (C=O) groups excluding carboxylic acids is 1. The highest BCUT2D eigenvalue weighted by Crippen LogP contribution is 2.36. The van der Waals surface area contributed by atoms with Crippen LogP contribution in [0.15, 0.2) is 46.0 Å². The Labute approximate surface area is 183 Å². The van der Waals surface area contributed by atoms with Gasteiger partial charge in [0.1, 0.15) is 6.61 Å². The predicted octanol–water partition coefficient (Wildman–Crippen LogP) is 4.36. The number of non-ortho nitro benzene ring substituents is 1. The Morgan fingerprint density at radius 3 is 2.90 bits per heavy atom. The summed E-state index contributed by atoms with van der Waals surface area (Å²) in [7, 11) is 1.50. The van der Waals surface area contributed by atoms with E-state index in [1.807, 2.05) is 0 Å². The fraction of sp³-hybridized carbons (Fsp3) is 0.100. The Morgan fingerprint density at radius 2 is 2.20 bits per heavy atom. The number of terminal acetylenes is 1. The molecule has 10 heteroatoms. The minimum atomic E-state index is -0.476. The lowest BCUT2D eigenvalue weighted by Crippen LogP contribution is -2.16. The molecule has 0 unspecified atom stereocenters. The number of nitro groups is 1. The summed E-state index contributed by atoms with van der Waals surface area (Å²) in [5.41, 5.74) is 3.07. The van der Waals surface area contributed by atoms with Crippen molar-refractivity contribution in [3.05, 3.63) is 61.4 Å². The van der Waals surface area contributed by atoms with Gasteiger partial charge in [0, 0.05) is 22.2 Å². The monoisotopic (exact) mass is 487 g/mol. The lowest BCUT2D eigenvalue weighted by molar-refractivity contribution is -0.384. The molecule has 0 spiro atoms. The van der Waals surface area contributed by atoms with Gasteiger partial charge in [-0.15, -0.1) is 17.8 Å². The first kappa shape index (κ1) is 21.3. The number of methoxy groups -OCH3 is 1. The van der Waals surface area contributed by atoms with Crippen LogP contribution in [0.4, 0.5) is 5.69 Å². The predicted molar refractivity (Wildman–Crippen MR) is 119 cm³/mol. The summed E-state index contributed by atoms with van der Waals surface area (Å²) >= 11 is 4.61. The number of hydrazone groups is 1. The number of nitrogens with one attached hydrogen (secondary N) is 1. The van der Waals surface area contributed by atoms with Crippen LogP contribution in [-0.4, -0.2) is 30.8 Å². The quantitative estimate of drug-likeness (QED) is 0.231. The van der Waals surface area contributed by atoms with Gasteiger partial charge in [-0.25, -0.2) is 5.43 Å².